The average Bonchev–Trinajstić information content (AvgIpc) is 2.83. The van der Waals surface area contributed by atoms with E-state index in [-0.39, 0.29) is 10.9 Å². The van der Waals surface area contributed by atoms with Crippen molar-refractivity contribution in [3.05, 3.63) is 118 Å². The number of pyridine rings is 1. The molecule has 6 heteroatoms. The molecule has 2 amide bonds. The van der Waals surface area contributed by atoms with Gasteiger partial charge in [-0.05, 0) is 48.4 Å². The lowest BCUT2D eigenvalue weighted by atomic mass is 10.1. The molecule has 3 aromatic carbocycles. The molecule has 5 nitrogen and oxygen atoms in total. The molecular weight excluding hydrogens is 434 g/mol. The molecule has 0 aliphatic carbocycles. The average molecular weight is 456 g/mol. The zero-order valence-electron chi connectivity index (χ0n) is 18.0. The number of nitrogens with one attached hydrogen (secondary N) is 2. The SMILES string of the molecule is Cc1ccc2cc(/C=C(\NC(=O)c3ccccc3)C(=O)NCc3ccccc3)c(Cl)nc2c1. The van der Waals surface area contributed by atoms with Gasteiger partial charge < -0.3 is 10.6 Å². The highest BCUT2D eigenvalue weighted by Gasteiger charge is 2.16. The van der Waals surface area contributed by atoms with E-state index in [1.165, 1.54) is 0 Å². The number of carbonyl (C=O) groups excluding carboxylic acids is 2. The lowest BCUT2D eigenvalue weighted by Gasteiger charge is -2.12. The van der Waals surface area contributed by atoms with Crippen molar-refractivity contribution in [1.82, 2.24) is 15.6 Å². The van der Waals surface area contributed by atoms with Crippen molar-refractivity contribution >= 4 is 40.4 Å². The summed E-state index contributed by atoms with van der Waals surface area (Å²) in [6, 6.07) is 26.0. The molecule has 0 fully saturated rings. The molecule has 0 aliphatic heterocycles. The number of benzene rings is 3. The first-order valence-corrected chi connectivity index (χ1v) is 10.8. The van der Waals surface area contributed by atoms with Gasteiger partial charge in [0, 0.05) is 23.1 Å². The molecule has 0 bridgehead atoms. The summed E-state index contributed by atoms with van der Waals surface area (Å²) in [5.41, 5.74) is 3.84. The minimum Gasteiger partial charge on any atom is -0.347 e. The third-order valence-corrected chi connectivity index (χ3v) is 5.38. The van der Waals surface area contributed by atoms with Crippen molar-refractivity contribution in [2.45, 2.75) is 13.5 Å². The van der Waals surface area contributed by atoms with E-state index in [0.29, 0.717) is 17.7 Å². The van der Waals surface area contributed by atoms with Gasteiger partial charge in [-0.3, -0.25) is 9.59 Å². The molecule has 0 radical (unpaired) electrons. The van der Waals surface area contributed by atoms with E-state index in [2.05, 4.69) is 15.6 Å². The van der Waals surface area contributed by atoms with Crippen molar-refractivity contribution in [3.63, 3.8) is 0 Å². The highest BCUT2D eigenvalue weighted by molar-refractivity contribution is 6.31. The van der Waals surface area contributed by atoms with Crippen LogP contribution in [0.1, 0.15) is 27.0 Å². The van der Waals surface area contributed by atoms with E-state index >= 15 is 0 Å². The van der Waals surface area contributed by atoms with E-state index in [0.717, 1.165) is 22.0 Å². The predicted octanol–water partition coefficient (Wildman–Crippen LogP) is 5.28. The lowest BCUT2D eigenvalue weighted by molar-refractivity contribution is -0.117. The minimum absolute atomic E-state index is 0.0787. The Morgan fingerprint density at radius 1 is 0.939 bits per heavy atom. The quantitative estimate of drug-likeness (QED) is 0.307. The number of hydrogen-bond donors (Lipinski definition) is 2. The Labute approximate surface area is 197 Å². The maximum atomic E-state index is 13.0. The highest BCUT2D eigenvalue weighted by atomic mass is 35.5. The maximum absolute atomic E-state index is 13.0. The molecule has 4 rings (SSSR count). The lowest BCUT2D eigenvalue weighted by Crippen LogP contribution is -2.34. The van der Waals surface area contributed by atoms with Crippen LogP contribution in [-0.4, -0.2) is 16.8 Å². The number of amides is 2. The number of aromatic nitrogens is 1. The van der Waals surface area contributed by atoms with E-state index in [1.54, 1.807) is 30.3 Å². The molecule has 0 spiro atoms. The molecular formula is C27H22ClN3O2. The van der Waals surface area contributed by atoms with E-state index < -0.39 is 11.8 Å². The maximum Gasteiger partial charge on any atom is 0.268 e. The Hall–Kier alpha value is -3.96. The van der Waals surface area contributed by atoms with Crippen LogP contribution in [0.2, 0.25) is 5.15 Å². The number of hydrogen-bond acceptors (Lipinski definition) is 3. The van der Waals surface area contributed by atoms with Gasteiger partial charge >= 0.3 is 0 Å². The van der Waals surface area contributed by atoms with Gasteiger partial charge in [-0.25, -0.2) is 4.98 Å². The van der Waals surface area contributed by atoms with Gasteiger partial charge in [0.1, 0.15) is 10.9 Å². The molecule has 33 heavy (non-hydrogen) atoms. The Morgan fingerprint density at radius 2 is 1.64 bits per heavy atom. The summed E-state index contributed by atoms with van der Waals surface area (Å²) >= 11 is 6.43. The summed E-state index contributed by atoms with van der Waals surface area (Å²) < 4.78 is 0. The second-order valence-electron chi connectivity index (χ2n) is 7.61. The van der Waals surface area contributed by atoms with Crippen LogP contribution >= 0.6 is 11.6 Å². The van der Waals surface area contributed by atoms with Crippen LogP contribution in [-0.2, 0) is 11.3 Å². The predicted molar refractivity (Wildman–Crippen MR) is 132 cm³/mol. The highest BCUT2D eigenvalue weighted by Crippen LogP contribution is 2.23. The van der Waals surface area contributed by atoms with Crippen LogP contribution in [0, 0.1) is 6.92 Å². The van der Waals surface area contributed by atoms with Gasteiger partial charge in [0.2, 0.25) is 0 Å². The molecule has 0 saturated carbocycles. The van der Waals surface area contributed by atoms with Gasteiger partial charge in [-0.2, -0.15) is 0 Å². The van der Waals surface area contributed by atoms with Crippen LogP contribution < -0.4 is 10.6 Å². The van der Waals surface area contributed by atoms with Crippen molar-refractivity contribution < 1.29 is 9.59 Å². The van der Waals surface area contributed by atoms with Gasteiger partial charge in [0.05, 0.1) is 5.52 Å². The molecule has 0 saturated heterocycles. The van der Waals surface area contributed by atoms with Gasteiger partial charge in [-0.1, -0.05) is 72.3 Å². The van der Waals surface area contributed by atoms with Crippen molar-refractivity contribution in [3.8, 4) is 0 Å². The fraction of sp³-hybridized carbons (Fsp3) is 0.0741. The monoisotopic (exact) mass is 455 g/mol. The number of nitrogens with zero attached hydrogens (tertiary/aromatic N) is 1. The Kier molecular flexibility index (Phi) is 6.81. The zero-order valence-corrected chi connectivity index (χ0v) is 18.8. The molecule has 1 aromatic heterocycles. The first kappa shape index (κ1) is 22.2. The summed E-state index contributed by atoms with van der Waals surface area (Å²) in [4.78, 5) is 30.3. The smallest absolute Gasteiger partial charge is 0.268 e. The molecule has 1 heterocycles. The van der Waals surface area contributed by atoms with Gasteiger partial charge in [0.25, 0.3) is 11.8 Å². The van der Waals surface area contributed by atoms with Crippen LogP contribution in [0.25, 0.3) is 17.0 Å². The number of carbonyl (C=O) groups is 2. The number of fused-ring (bicyclic) bond motifs is 1. The minimum atomic E-state index is -0.428. The van der Waals surface area contributed by atoms with Crippen molar-refractivity contribution in [2.24, 2.45) is 0 Å². The van der Waals surface area contributed by atoms with Crippen LogP contribution in [0.5, 0.6) is 0 Å². The second kappa shape index (κ2) is 10.1. The third-order valence-electron chi connectivity index (χ3n) is 5.08. The number of halogens is 1. The summed E-state index contributed by atoms with van der Waals surface area (Å²) in [6.45, 7) is 2.30. The molecule has 2 N–H and O–H groups in total. The summed E-state index contributed by atoms with van der Waals surface area (Å²) in [5, 5.41) is 6.71. The summed E-state index contributed by atoms with van der Waals surface area (Å²) in [7, 11) is 0. The van der Waals surface area contributed by atoms with Crippen LogP contribution in [0.4, 0.5) is 0 Å². The van der Waals surface area contributed by atoms with E-state index in [1.807, 2.05) is 67.6 Å². The normalized spacial score (nSPS) is 11.3. The number of aryl methyl sites for hydroxylation is 1. The zero-order chi connectivity index (χ0) is 23.2. The van der Waals surface area contributed by atoms with Gasteiger partial charge in [0.15, 0.2) is 0 Å². The molecule has 4 aromatic rings. The first-order chi connectivity index (χ1) is 16.0. The molecule has 0 unspecified atom stereocenters. The second-order valence-corrected chi connectivity index (χ2v) is 7.97. The number of rotatable bonds is 6. The van der Waals surface area contributed by atoms with Crippen molar-refractivity contribution in [2.75, 3.05) is 0 Å². The Balaban J connectivity index is 1.66. The van der Waals surface area contributed by atoms with E-state index in [4.69, 9.17) is 11.6 Å². The first-order valence-electron chi connectivity index (χ1n) is 10.5. The van der Waals surface area contributed by atoms with Crippen LogP contribution in [0.15, 0.2) is 90.6 Å². The molecule has 0 aliphatic rings. The molecule has 164 valence electrons. The van der Waals surface area contributed by atoms with Gasteiger partial charge in [-0.15, -0.1) is 0 Å². The van der Waals surface area contributed by atoms with E-state index in [9.17, 15) is 9.59 Å². The largest absolute Gasteiger partial charge is 0.347 e. The Bertz CT molecular complexity index is 1340. The summed E-state index contributed by atoms with van der Waals surface area (Å²) in [6.07, 6.45) is 1.55. The summed E-state index contributed by atoms with van der Waals surface area (Å²) in [5.74, 6) is -0.819. The Morgan fingerprint density at radius 3 is 2.36 bits per heavy atom. The standard InChI is InChI=1S/C27H22ClN3O2/c1-18-12-13-21-15-22(25(28)30-23(21)14-18)16-24(31-26(32)20-10-6-3-7-11-20)27(33)29-17-19-8-4-2-5-9-19/h2-16H,17H2,1H3,(H,29,33)(H,31,32)/b24-16-. The van der Waals surface area contributed by atoms with Crippen molar-refractivity contribution in [1.29, 1.82) is 0 Å². The fourth-order valence-corrected chi connectivity index (χ4v) is 3.54. The topological polar surface area (TPSA) is 71.1 Å². The molecule has 0 atom stereocenters. The third kappa shape index (κ3) is 5.64. The van der Waals surface area contributed by atoms with Crippen LogP contribution in [0.3, 0.4) is 0 Å². The fourth-order valence-electron chi connectivity index (χ4n) is 3.34.